The third-order valence-electron chi connectivity index (χ3n) is 6.48. The van der Waals surface area contributed by atoms with E-state index in [2.05, 4.69) is 22.3 Å². The number of fused-ring (bicyclic) bond motifs is 2. The molecule has 0 bridgehead atoms. The van der Waals surface area contributed by atoms with E-state index >= 15 is 0 Å². The lowest BCUT2D eigenvalue weighted by Gasteiger charge is -2.32. The van der Waals surface area contributed by atoms with Crippen molar-refractivity contribution in [2.75, 3.05) is 38.6 Å². The molecule has 32 heavy (non-hydrogen) atoms. The molecule has 168 valence electrons. The number of ether oxygens (including phenoxy) is 2. The molecule has 0 aliphatic carbocycles. The highest BCUT2D eigenvalue weighted by Gasteiger charge is 2.19. The average Bonchev–Trinajstić information content (AvgIpc) is 2.83. The van der Waals surface area contributed by atoms with Crippen LogP contribution < -0.4 is 26.1 Å². The second kappa shape index (κ2) is 9.22. The minimum absolute atomic E-state index is 0.0304. The largest absolute Gasteiger partial charge is 0.486 e. The third-order valence-corrected chi connectivity index (χ3v) is 6.48. The summed E-state index contributed by atoms with van der Waals surface area (Å²) in [6.07, 6.45) is 2.20. The highest BCUT2D eigenvalue weighted by Crippen LogP contribution is 2.30. The maximum Gasteiger partial charge on any atom is 0.253 e. The van der Waals surface area contributed by atoms with Gasteiger partial charge >= 0.3 is 0 Å². The predicted molar refractivity (Wildman–Crippen MR) is 126 cm³/mol. The molecule has 7 nitrogen and oxygen atoms in total. The molecule has 2 aliphatic heterocycles. The van der Waals surface area contributed by atoms with Crippen molar-refractivity contribution in [3.05, 3.63) is 64.4 Å². The third kappa shape index (κ3) is 4.45. The zero-order valence-corrected chi connectivity index (χ0v) is 18.3. The first-order valence-electron chi connectivity index (χ1n) is 11.4. The molecule has 1 fully saturated rings. The fourth-order valence-corrected chi connectivity index (χ4v) is 4.65. The van der Waals surface area contributed by atoms with Gasteiger partial charge in [-0.3, -0.25) is 4.79 Å². The van der Waals surface area contributed by atoms with Crippen LogP contribution >= 0.6 is 0 Å². The number of rotatable bonds is 6. The lowest BCUT2D eigenvalue weighted by molar-refractivity contribution is 0.171. The minimum atomic E-state index is -0.0304. The van der Waals surface area contributed by atoms with Crippen LogP contribution in [0.5, 0.6) is 11.5 Å². The van der Waals surface area contributed by atoms with E-state index in [0.29, 0.717) is 31.5 Å². The molecule has 2 aromatic carbocycles. The number of piperidine rings is 1. The summed E-state index contributed by atoms with van der Waals surface area (Å²) in [5, 5.41) is 4.63. The SMILES string of the molecule is Nc1cc(=O)n(CCN2CCC(NCc3ccc4c(c3)OCCO4)CC2)c2ccccc12. The van der Waals surface area contributed by atoms with Crippen LogP contribution in [-0.4, -0.2) is 48.4 Å². The van der Waals surface area contributed by atoms with Gasteiger partial charge in [0.25, 0.3) is 5.56 Å². The van der Waals surface area contributed by atoms with Gasteiger partial charge in [-0.25, -0.2) is 0 Å². The Kier molecular flexibility index (Phi) is 6.01. The molecule has 0 amide bonds. The number of anilines is 1. The van der Waals surface area contributed by atoms with Crippen LogP contribution in [0, 0.1) is 0 Å². The van der Waals surface area contributed by atoms with Crippen molar-refractivity contribution in [1.82, 2.24) is 14.8 Å². The van der Waals surface area contributed by atoms with Crippen LogP contribution in [-0.2, 0) is 13.1 Å². The monoisotopic (exact) mass is 434 g/mol. The van der Waals surface area contributed by atoms with Gasteiger partial charge in [-0.15, -0.1) is 0 Å². The summed E-state index contributed by atoms with van der Waals surface area (Å²) in [7, 11) is 0. The summed E-state index contributed by atoms with van der Waals surface area (Å²) in [6, 6.07) is 16.1. The summed E-state index contributed by atoms with van der Waals surface area (Å²) >= 11 is 0. The van der Waals surface area contributed by atoms with Crippen molar-refractivity contribution in [2.45, 2.75) is 32.0 Å². The van der Waals surface area contributed by atoms with E-state index in [0.717, 1.165) is 61.4 Å². The van der Waals surface area contributed by atoms with Gasteiger partial charge in [-0.2, -0.15) is 0 Å². The molecule has 3 heterocycles. The Hall–Kier alpha value is -3.03. The van der Waals surface area contributed by atoms with Crippen LogP contribution in [0.1, 0.15) is 18.4 Å². The molecular formula is C25H30N4O3. The van der Waals surface area contributed by atoms with Gasteiger partial charge in [0.2, 0.25) is 0 Å². The average molecular weight is 435 g/mol. The van der Waals surface area contributed by atoms with E-state index < -0.39 is 0 Å². The van der Waals surface area contributed by atoms with Crippen LogP contribution in [0.2, 0.25) is 0 Å². The molecule has 0 atom stereocenters. The summed E-state index contributed by atoms with van der Waals surface area (Å²) in [6.45, 7) is 5.65. The lowest BCUT2D eigenvalue weighted by Crippen LogP contribution is -2.43. The Balaban J connectivity index is 1.13. The highest BCUT2D eigenvalue weighted by molar-refractivity contribution is 5.90. The van der Waals surface area contributed by atoms with Gasteiger partial charge in [0, 0.05) is 42.8 Å². The fourth-order valence-electron chi connectivity index (χ4n) is 4.65. The molecule has 0 spiro atoms. The van der Waals surface area contributed by atoms with Gasteiger partial charge in [0.1, 0.15) is 13.2 Å². The number of pyridine rings is 1. The number of hydrogen-bond acceptors (Lipinski definition) is 6. The molecular weight excluding hydrogens is 404 g/mol. The van der Waals surface area contributed by atoms with Gasteiger partial charge in [-0.1, -0.05) is 24.3 Å². The van der Waals surface area contributed by atoms with Crippen LogP contribution in [0.15, 0.2) is 53.3 Å². The topological polar surface area (TPSA) is 81.8 Å². The summed E-state index contributed by atoms with van der Waals surface area (Å²) < 4.78 is 13.1. The number of benzene rings is 2. The highest BCUT2D eigenvalue weighted by atomic mass is 16.6. The van der Waals surface area contributed by atoms with E-state index in [4.69, 9.17) is 15.2 Å². The smallest absolute Gasteiger partial charge is 0.253 e. The zero-order valence-electron chi connectivity index (χ0n) is 18.3. The molecule has 5 rings (SSSR count). The second-order valence-corrected chi connectivity index (χ2v) is 8.58. The number of nitrogens with two attached hydrogens (primary N) is 1. The van der Waals surface area contributed by atoms with Crippen molar-refractivity contribution in [3.8, 4) is 11.5 Å². The predicted octanol–water partition coefficient (Wildman–Crippen LogP) is 2.61. The second-order valence-electron chi connectivity index (χ2n) is 8.58. The minimum Gasteiger partial charge on any atom is -0.486 e. The molecule has 0 unspecified atom stereocenters. The van der Waals surface area contributed by atoms with E-state index in [1.54, 1.807) is 0 Å². The Morgan fingerprint density at radius 1 is 0.969 bits per heavy atom. The molecule has 3 aromatic rings. The number of likely N-dealkylation sites (tertiary alicyclic amines) is 1. The van der Waals surface area contributed by atoms with Gasteiger partial charge in [0.05, 0.1) is 5.52 Å². The molecule has 3 N–H and O–H groups in total. The van der Waals surface area contributed by atoms with Gasteiger partial charge < -0.3 is 30.0 Å². The zero-order chi connectivity index (χ0) is 21.9. The first kappa shape index (κ1) is 20.8. The van der Waals surface area contributed by atoms with E-state index in [-0.39, 0.29) is 5.56 Å². The number of nitrogen functional groups attached to an aromatic ring is 1. The van der Waals surface area contributed by atoms with E-state index in [9.17, 15) is 4.79 Å². The number of nitrogens with one attached hydrogen (secondary N) is 1. The van der Waals surface area contributed by atoms with Crippen LogP contribution in [0.25, 0.3) is 10.9 Å². The molecule has 7 heteroatoms. The summed E-state index contributed by atoms with van der Waals surface area (Å²) in [4.78, 5) is 15.0. The Morgan fingerprint density at radius 3 is 2.59 bits per heavy atom. The fraction of sp³-hybridized carbons (Fsp3) is 0.400. The van der Waals surface area contributed by atoms with Gasteiger partial charge in [-0.05, 0) is 49.7 Å². The molecule has 0 radical (unpaired) electrons. The number of hydrogen-bond donors (Lipinski definition) is 2. The van der Waals surface area contributed by atoms with Crippen LogP contribution in [0.3, 0.4) is 0 Å². The molecule has 1 saturated heterocycles. The van der Waals surface area contributed by atoms with Crippen molar-refractivity contribution in [2.24, 2.45) is 0 Å². The summed E-state index contributed by atoms with van der Waals surface area (Å²) in [5.41, 5.74) is 8.68. The molecule has 2 aliphatic rings. The quantitative estimate of drug-likeness (QED) is 0.621. The Morgan fingerprint density at radius 2 is 1.75 bits per heavy atom. The van der Waals surface area contributed by atoms with Crippen molar-refractivity contribution in [1.29, 1.82) is 0 Å². The number of aromatic nitrogens is 1. The maximum atomic E-state index is 12.5. The van der Waals surface area contributed by atoms with Crippen molar-refractivity contribution < 1.29 is 9.47 Å². The Bertz CT molecular complexity index is 1150. The van der Waals surface area contributed by atoms with Gasteiger partial charge in [0.15, 0.2) is 11.5 Å². The normalized spacial score (nSPS) is 17.0. The molecule has 0 saturated carbocycles. The van der Waals surface area contributed by atoms with Crippen molar-refractivity contribution >= 4 is 16.6 Å². The first-order valence-corrected chi connectivity index (χ1v) is 11.4. The lowest BCUT2D eigenvalue weighted by atomic mass is 10.0. The number of nitrogens with zero attached hydrogens (tertiary/aromatic N) is 2. The Labute approximate surface area is 187 Å². The van der Waals surface area contributed by atoms with Crippen LogP contribution in [0.4, 0.5) is 5.69 Å². The van der Waals surface area contributed by atoms with Crippen molar-refractivity contribution in [3.63, 3.8) is 0 Å². The number of para-hydroxylation sites is 1. The van der Waals surface area contributed by atoms with E-state index in [1.165, 1.54) is 11.6 Å². The summed E-state index contributed by atoms with van der Waals surface area (Å²) in [5.74, 6) is 1.68. The standard InChI is InChI=1S/C25H30N4O3/c26-21-16-25(30)29(22-4-2-1-3-20(21)22)12-11-28-9-7-19(8-10-28)27-17-18-5-6-23-24(15-18)32-14-13-31-23/h1-6,15-16,19,27H,7-14,17,26H2. The maximum absolute atomic E-state index is 12.5. The first-order chi connectivity index (χ1) is 15.7. The van der Waals surface area contributed by atoms with E-state index in [1.807, 2.05) is 34.9 Å². The molecule has 1 aromatic heterocycles.